The summed E-state index contributed by atoms with van der Waals surface area (Å²) in [7, 11) is 0. The molecule has 0 aromatic heterocycles. The van der Waals surface area contributed by atoms with Crippen LogP contribution in [-0.4, -0.2) is 36.1 Å². The molecule has 2 amide bonds. The van der Waals surface area contributed by atoms with Gasteiger partial charge in [-0.2, -0.15) is 0 Å². The average Bonchev–Trinajstić information content (AvgIpc) is 2.35. The van der Waals surface area contributed by atoms with Crippen molar-refractivity contribution in [2.75, 3.05) is 24.2 Å². The first-order valence-electron chi connectivity index (χ1n) is 5.65. The number of primary amides is 2. The van der Waals surface area contributed by atoms with Crippen molar-refractivity contribution in [3.63, 3.8) is 0 Å². The lowest BCUT2D eigenvalue weighted by molar-refractivity contribution is -0.117. The van der Waals surface area contributed by atoms with Crippen molar-refractivity contribution in [3.8, 4) is 0 Å². The van der Waals surface area contributed by atoms with Gasteiger partial charge in [0.2, 0.25) is 11.8 Å². The molecule has 0 aliphatic heterocycles. The second-order valence-corrected chi connectivity index (χ2v) is 5.30. The van der Waals surface area contributed by atoms with Gasteiger partial charge in [-0.15, -0.1) is 11.8 Å². The molecule has 6 N–H and O–H groups in total. The van der Waals surface area contributed by atoms with Gasteiger partial charge < -0.3 is 22.1 Å². The Balaban J connectivity index is 3.34. The Bertz CT molecular complexity index is 532. The van der Waals surface area contributed by atoms with E-state index in [0.29, 0.717) is 11.3 Å². The average molecular weight is 312 g/mol. The minimum atomic E-state index is -0.574. The summed E-state index contributed by atoms with van der Waals surface area (Å²) in [5.41, 5.74) is 17.3. The van der Waals surface area contributed by atoms with E-state index in [2.05, 4.69) is 0 Å². The monoisotopic (exact) mass is 312 g/mol. The zero-order valence-corrected chi connectivity index (χ0v) is 12.6. The van der Waals surface area contributed by atoms with E-state index in [-0.39, 0.29) is 18.1 Å². The lowest BCUT2D eigenvalue weighted by Crippen LogP contribution is -2.40. The maximum atomic E-state index is 11.2. The third kappa shape index (κ3) is 4.10. The van der Waals surface area contributed by atoms with E-state index >= 15 is 0 Å². The molecule has 0 bridgehead atoms. The van der Waals surface area contributed by atoms with Crippen LogP contribution in [0.25, 0.3) is 0 Å². The highest BCUT2D eigenvalue weighted by molar-refractivity contribution is 7.98. The van der Waals surface area contributed by atoms with E-state index in [0.717, 1.165) is 4.90 Å². The molecule has 0 spiro atoms. The number of amides is 2. The van der Waals surface area contributed by atoms with Crippen molar-refractivity contribution in [2.24, 2.45) is 17.2 Å². The van der Waals surface area contributed by atoms with Crippen molar-refractivity contribution < 1.29 is 9.59 Å². The summed E-state index contributed by atoms with van der Waals surface area (Å²) >= 11 is 6.52. The van der Waals surface area contributed by atoms with Gasteiger partial charge in [-0.25, -0.2) is 0 Å². The smallest absolute Gasteiger partial charge is 0.236 e. The molecule has 20 heavy (non-hydrogen) atoms. The summed E-state index contributed by atoms with van der Waals surface area (Å²) in [4.78, 5) is 24.8. The van der Waals surface area contributed by atoms with Crippen LogP contribution in [0.1, 0.15) is 5.56 Å². The summed E-state index contributed by atoms with van der Waals surface area (Å²) in [6.45, 7) is -0.285. The van der Waals surface area contributed by atoms with Crippen molar-refractivity contribution >= 4 is 46.5 Å². The van der Waals surface area contributed by atoms with Gasteiger partial charge in [0.25, 0.3) is 0 Å². The molecule has 0 saturated carbocycles. The molecule has 0 atom stereocenters. The number of anilines is 1. The Morgan fingerprint density at radius 3 is 2.15 bits per heavy atom. The number of thioether (sulfide) groups is 1. The number of thiocarbonyl (C=S) groups is 1. The number of carbonyl (C=O) groups excluding carboxylic acids is 2. The molecule has 1 rings (SSSR count). The number of benzene rings is 1. The number of nitrogens with two attached hydrogens (primary N) is 3. The fourth-order valence-electron chi connectivity index (χ4n) is 1.80. The molecule has 0 aliphatic carbocycles. The van der Waals surface area contributed by atoms with E-state index in [4.69, 9.17) is 29.4 Å². The van der Waals surface area contributed by atoms with E-state index < -0.39 is 11.8 Å². The van der Waals surface area contributed by atoms with Gasteiger partial charge in [-0.1, -0.05) is 18.3 Å². The fraction of sp³-hybridized carbons (Fsp3) is 0.250. The maximum absolute atomic E-state index is 11.2. The largest absolute Gasteiger partial charge is 0.389 e. The van der Waals surface area contributed by atoms with Crippen molar-refractivity contribution in [1.82, 2.24) is 0 Å². The zero-order valence-electron chi connectivity index (χ0n) is 11.0. The predicted octanol–water partition coefficient (Wildman–Crippen LogP) is -0.180. The van der Waals surface area contributed by atoms with Crippen LogP contribution in [0.5, 0.6) is 0 Å². The molecule has 8 heteroatoms. The number of carbonyl (C=O) groups is 2. The van der Waals surface area contributed by atoms with Crippen LogP contribution in [0.2, 0.25) is 0 Å². The highest BCUT2D eigenvalue weighted by Gasteiger charge is 2.19. The van der Waals surface area contributed by atoms with Gasteiger partial charge in [-0.3, -0.25) is 9.59 Å². The number of rotatable bonds is 7. The van der Waals surface area contributed by atoms with Crippen LogP contribution in [0, 0.1) is 0 Å². The normalized spacial score (nSPS) is 10.1. The molecule has 0 radical (unpaired) electrons. The van der Waals surface area contributed by atoms with Crippen molar-refractivity contribution in [3.05, 3.63) is 23.8 Å². The summed E-state index contributed by atoms with van der Waals surface area (Å²) in [5, 5.41) is 0. The van der Waals surface area contributed by atoms with Gasteiger partial charge in [0.15, 0.2) is 0 Å². The Labute approximate surface area is 126 Å². The Morgan fingerprint density at radius 2 is 1.75 bits per heavy atom. The van der Waals surface area contributed by atoms with E-state index in [1.54, 1.807) is 12.1 Å². The van der Waals surface area contributed by atoms with Crippen LogP contribution in [0.15, 0.2) is 23.1 Å². The molecule has 6 nitrogen and oxygen atoms in total. The predicted molar refractivity (Wildman–Crippen MR) is 84.7 cm³/mol. The first-order valence-corrected chi connectivity index (χ1v) is 7.28. The molecular weight excluding hydrogens is 296 g/mol. The molecule has 0 saturated heterocycles. The van der Waals surface area contributed by atoms with Crippen LogP contribution >= 0.6 is 24.0 Å². The first-order chi connectivity index (χ1) is 9.36. The molecule has 1 aromatic carbocycles. The second-order valence-electron chi connectivity index (χ2n) is 4.01. The lowest BCUT2D eigenvalue weighted by atomic mass is 10.1. The van der Waals surface area contributed by atoms with Crippen LogP contribution < -0.4 is 22.1 Å². The first kappa shape index (κ1) is 16.3. The third-order valence-electron chi connectivity index (χ3n) is 2.50. The Kier molecular flexibility index (Phi) is 5.78. The van der Waals surface area contributed by atoms with Crippen molar-refractivity contribution in [1.29, 1.82) is 0 Å². The highest BCUT2D eigenvalue weighted by atomic mass is 32.2. The van der Waals surface area contributed by atoms with Crippen molar-refractivity contribution in [2.45, 2.75) is 4.90 Å². The minimum absolute atomic E-state index is 0.142. The number of hydrogen-bond acceptors (Lipinski definition) is 5. The zero-order chi connectivity index (χ0) is 15.3. The quantitative estimate of drug-likeness (QED) is 0.475. The van der Waals surface area contributed by atoms with Gasteiger partial charge in [-0.05, 0) is 18.4 Å². The molecule has 0 fully saturated rings. The molecule has 0 heterocycles. The molecule has 0 unspecified atom stereocenters. The molecule has 1 aromatic rings. The van der Waals surface area contributed by atoms with Crippen LogP contribution in [-0.2, 0) is 9.59 Å². The van der Waals surface area contributed by atoms with E-state index in [1.165, 1.54) is 16.7 Å². The summed E-state index contributed by atoms with van der Waals surface area (Å²) in [6.07, 6.45) is 1.88. The van der Waals surface area contributed by atoms with Gasteiger partial charge in [0.1, 0.15) is 4.99 Å². The van der Waals surface area contributed by atoms with Gasteiger partial charge in [0, 0.05) is 16.1 Å². The van der Waals surface area contributed by atoms with Gasteiger partial charge in [0.05, 0.1) is 13.1 Å². The topological polar surface area (TPSA) is 115 Å². The van der Waals surface area contributed by atoms with Gasteiger partial charge >= 0.3 is 0 Å². The van der Waals surface area contributed by atoms with Crippen LogP contribution in [0.4, 0.5) is 5.69 Å². The van der Waals surface area contributed by atoms with E-state index in [9.17, 15) is 9.59 Å². The molecule has 108 valence electrons. The third-order valence-corrected chi connectivity index (χ3v) is 3.49. The molecule has 0 aliphatic rings. The Hall–Kier alpha value is -1.80. The lowest BCUT2D eigenvalue weighted by Gasteiger charge is -2.25. The number of nitrogens with zero attached hydrogens (tertiary/aromatic N) is 1. The maximum Gasteiger partial charge on any atom is 0.236 e. The highest BCUT2D eigenvalue weighted by Crippen LogP contribution is 2.29. The SMILES string of the molecule is CSc1cccc(N(CC(N)=O)CC(N)=O)c1C(N)=S. The summed E-state index contributed by atoms with van der Waals surface area (Å²) in [6, 6.07) is 5.37. The fourth-order valence-corrected chi connectivity index (χ4v) is 2.72. The second kappa shape index (κ2) is 7.11. The minimum Gasteiger partial charge on any atom is -0.389 e. The van der Waals surface area contributed by atoms with Crippen LogP contribution in [0.3, 0.4) is 0 Å². The molecular formula is C12H16N4O2S2. The summed E-state index contributed by atoms with van der Waals surface area (Å²) in [5.74, 6) is -1.15. The van der Waals surface area contributed by atoms with E-state index in [1.807, 2.05) is 12.3 Å². The summed E-state index contributed by atoms with van der Waals surface area (Å²) < 4.78 is 0. The Morgan fingerprint density at radius 1 is 1.20 bits per heavy atom. The number of hydrogen-bond donors (Lipinski definition) is 3. The standard InChI is InChI=1S/C12H16N4O2S2/c1-20-8-4-2-3-7(11(8)12(15)19)16(5-9(13)17)6-10(14)18/h2-4H,5-6H2,1H3,(H2,13,17)(H2,14,18)(H2,15,19).